The number of aromatic nitrogens is 5. The van der Waals surface area contributed by atoms with E-state index in [9.17, 15) is 4.39 Å². The van der Waals surface area contributed by atoms with E-state index < -0.39 is 0 Å². The molecule has 0 unspecified atom stereocenters. The number of fused-ring (bicyclic) bond motifs is 1. The van der Waals surface area contributed by atoms with Crippen molar-refractivity contribution in [1.29, 1.82) is 0 Å². The van der Waals surface area contributed by atoms with Crippen LogP contribution in [0.15, 0.2) is 49.1 Å². The van der Waals surface area contributed by atoms with Crippen molar-refractivity contribution in [2.24, 2.45) is 0 Å². The zero-order valence-electron chi connectivity index (χ0n) is 19.5. The number of benzene rings is 1. The summed E-state index contributed by atoms with van der Waals surface area (Å²) in [5, 5.41) is 4.38. The lowest BCUT2D eigenvalue weighted by atomic mass is 10.1. The molecule has 6 rings (SSSR count). The minimum absolute atomic E-state index is 0.180. The number of imidazole rings is 2. The smallest absolute Gasteiger partial charge is 0.223 e. The van der Waals surface area contributed by atoms with E-state index >= 15 is 0 Å². The first-order valence-electron chi connectivity index (χ1n) is 11.8. The minimum Gasteiger partial charge on any atom is -0.351 e. The number of aromatic amines is 1. The summed E-state index contributed by atoms with van der Waals surface area (Å²) in [5.74, 6) is 1.39. The third-order valence-electron chi connectivity index (χ3n) is 6.06. The van der Waals surface area contributed by atoms with Crippen LogP contribution in [0.5, 0.6) is 0 Å². The summed E-state index contributed by atoms with van der Waals surface area (Å²) in [5.41, 5.74) is 3.56. The first kappa shape index (κ1) is 22.9. The van der Waals surface area contributed by atoms with Gasteiger partial charge < -0.3 is 10.3 Å². The van der Waals surface area contributed by atoms with E-state index in [0.717, 1.165) is 33.9 Å². The van der Waals surface area contributed by atoms with Gasteiger partial charge in [-0.15, -0.1) is 0 Å². The Morgan fingerprint density at radius 1 is 1.06 bits per heavy atom. The number of hydrogen-bond acceptors (Lipinski definition) is 6. The summed E-state index contributed by atoms with van der Waals surface area (Å²) < 4.78 is 17.6. The molecule has 0 spiro atoms. The number of halogens is 1. The van der Waals surface area contributed by atoms with Gasteiger partial charge in [0.2, 0.25) is 11.7 Å². The molecule has 0 radical (unpaired) electrons. The molecule has 1 saturated heterocycles. The fraction of sp³-hybridized carbons (Fsp3) is 0.400. The second kappa shape index (κ2) is 10.1. The average Bonchev–Trinajstić information content (AvgIpc) is 3.37. The van der Waals surface area contributed by atoms with Gasteiger partial charge in [0.25, 0.3) is 0 Å². The Labute approximate surface area is 203 Å². The number of nitrogens with zero attached hydrogens (tertiary/aromatic N) is 5. The summed E-state index contributed by atoms with van der Waals surface area (Å²) in [6, 6.07) is 7.52. The van der Waals surface area contributed by atoms with Crippen molar-refractivity contribution in [2.45, 2.75) is 50.8 Å². The monoisotopic (exact) mass is 479 g/mol. The van der Waals surface area contributed by atoms with Gasteiger partial charge in [-0.1, -0.05) is 11.9 Å². The van der Waals surface area contributed by atoms with Crippen molar-refractivity contribution >= 4 is 23.7 Å². The molecule has 4 aromatic rings. The fourth-order valence-electron chi connectivity index (χ4n) is 3.96. The largest absolute Gasteiger partial charge is 0.351 e. The molecule has 1 aromatic carbocycles. The van der Waals surface area contributed by atoms with Crippen LogP contribution in [-0.2, 0) is 0 Å². The molecule has 0 bridgehead atoms. The Bertz CT molecular complexity index is 1210. The summed E-state index contributed by atoms with van der Waals surface area (Å²) in [6.45, 7) is 6.13. The highest BCUT2D eigenvalue weighted by atomic mass is 32.2. The second-order valence-electron chi connectivity index (χ2n) is 8.96. The third kappa shape index (κ3) is 5.77. The average molecular weight is 480 g/mol. The van der Waals surface area contributed by atoms with Crippen LogP contribution in [0, 0.1) is 19.7 Å². The van der Waals surface area contributed by atoms with Crippen molar-refractivity contribution in [2.75, 3.05) is 18.4 Å². The lowest BCUT2D eigenvalue weighted by molar-refractivity contribution is 0.357. The maximum Gasteiger partial charge on any atom is 0.223 e. The molecule has 9 heteroatoms. The maximum atomic E-state index is 13.1. The second-order valence-corrected chi connectivity index (χ2v) is 10.4. The Kier molecular flexibility index (Phi) is 6.82. The van der Waals surface area contributed by atoms with Gasteiger partial charge in [0.1, 0.15) is 5.82 Å². The molecule has 2 aliphatic rings. The van der Waals surface area contributed by atoms with Crippen molar-refractivity contribution in [3.05, 3.63) is 66.1 Å². The van der Waals surface area contributed by atoms with Gasteiger partial charge in [-0.2, -0.15) is 0 Å². The summed E-state index contributed by atoms with van der Waals surface area (Å²) in [4.78, 5) is 16.0. The van der Waals surface area contributed by atoms with Gasteiger partial charge in [0.15, 0.2) is 0 Å². The van der Waals surface area contributed by atoms with Gasteiger partial charge in [-0.25, -0.2) is 19.3 Å². The minimum atomic E-state index is -0.180. The number of nitrogens with one attached hydrogen (secondary N) is 2. The van der Waals surface area contributed by atoms with E-state index in [1.807, 2.05) is 42.0 Å². The van der Waals surface area contributed by atoms with Gasteiger partial charge in [0, 0.05) is 60.4 Å². The predicted molar refractivity (Wildman–Crippen MR) is 135 cm³/mol. The van der Waals surface area contributed by atoms with Gasteiger partial charge >= 0.3 is 0 Å². The van der Waals surface area contributed by atoms with Gasteiger partial charge in [-0.05, 0) is 69.4 Å². The topological polar surface area (TPSA) is 74.1 Å². The molecular formula is C25H30FN7S. The van der Waals surface area contributed by atoms with E-state index in [-0.39, 0.29) is 5.82 Å². The highest BCUT2D eigenvalue weighted by Crippen LogP contribution is 2.37. The SMILES string of the molecule is Cc1cc(-c2cn3ccnc3[nH]2)ccc1F.Cc1ccnc(NC2CCN(SC3CC3)CC2)n1. The van der Waals surface area contributed by atoms with Crippen LogP contribution < -0.4 is 5.32 Å². The molecule has 0 amide bonds. The number of piperidine rings is 1. The molecule has 2 fully saturated rings. The van der Waals surface area contributed by atoms with E-state index in [2.05, 4.69) is 41.5 Å². The maximum absolute atomic E-state index is 13.1. The normalized spacial score (nSPS) is 16.9. The molecule has 1 saturated carbocycles. The number of anilines is 1. The highest BCUT2D eigenvalue weighted by molar-refractivity contribution is 7.97. The molecule has 0 atom stereocenters. The Hall–Kier alpha value is -2.91. The van der Waals surface area contributed by atoms with Crippen molar-refractivity contribution in [3.63, 3.8) is 0 Å². The number of aryl methyl sites for hydroxylation is 2. The van der Waals surface area contributed by atoms with Crippen molar-refractivity contribution in [3.8, 4) is 11.3 Å². The molecule has 3 aromatic heterocycles. The standard InChI is InChI=1S/C13H20N4S.C12H10FN3/c1-10-4-7-14-13(15-10)16-11-5-8-17(9-6-11)18-12-2-3-12;1-8-6-9(2-3-10(8)13)11-7-16-5-4-14-12(16)15-11/h4,7,11-12H,2-3,5-6,8-9H2,1H3,(H,14,15,16);2-7H,1H3,(H,14,15). The summed E-state index contributed by atoms with van der Waals surface area (Å²) in [6.07, 6.45) is 12.6. The van der Waals surface area contributed by atoms with E-state index in [1.54, 1.807) is 19.2 Å². The Morgan fingerprint density at radius 3 is 2.59 bits per heavy atom. The molecule has 178 valence electrons. The highest BCUT2D eigenvalue weighted by Gasteiger charge is 2.28. The number of H-pyrrole nitrogens is 1. The molecule has 7 nitrogen and oxygen atoms in total. The lowest BCUT2D eigenvalue weighted by Crippen LogP contribution is -2.36. The number of rotatable bonds is 5. The van der Waals surface area contributed by atoms with E-state index in [1.165, 1.54) is 44.8 Å². The van der Waals surface area contributed by atoms with Crippen LogP contribution in [0.4, 0.5) is 10.3 Å². The van der Waals surface area contributed by atoms with Crippen LogP contribution in [0.2, 0.25) is 0 Å². The zero-order chi connectivity index (χ0) is 23.5. The molecule has 1 aliphatic heterocycles. The van der Waals surface area contributed by atoms with Crippen LogP contribution in [0.3, 0.4) is 0 Å². The van der Waals surface area contributed by atoms with Crippen LogP contribution >= 0.6 is 11.9 Å². The van der Waals surface area contributed by atoms with Gasteiger partial charge in [0.05, 0.1) is 5.69 Å². The zero-order valence-corrected chi connectivity index (χ0v) is 20.4. The van der Waals surface area contributed by atoms with Crippen molar-refractivity contribution in [1.82, 2.24) is 28.6 Å². The van der Waals surface area contributed by atoms with E-state index in [0.29, 0.717) is 11.6 Å². The molecule has 4 heterocycles. The lowest BCUT2D eigenvalue weighted by Gasteiger charge is -2.31. The van der Waals surface area contributed by atoms with Crippen molar-refractivity contribution < 1.29 is 4.39 Å². The first-order valence-corrected chi connectivity index (χ1v) is 12.6. The number of hydrogen-bond donors (Lipinski definition) is 2. The molecule has 2 N–H and O–H groups in total. The van der Waals surface area contributed by atoms with Crippen LogP contribution in [0.1, 0.15) is 36.9 Å². The Balaban J connectivity index is 0.000000142. The predicted octanol–water partition coefficient (Wildman–Crippen LogP) is 5.25. The fourth-order valence-corrected chi connectivity index (χ4v) is 5.15. The van der Waals surface area contributed by atoms with Crippen LogP contribution in [0.25, 0.3) is 17.0 Å². The summed E-state index contributed by atoms with van der Waals surface area (Å²) >= 11 is 2.07. The van der Waals surface area contributed by atoms with E-state index in [4.69, 9.17) is 0 Å². The molecule has 1 aliphatic carbocycles. The molecular weight excluding hydrogens is 449 g/mol. The molecule has 34 heavy (non-hydrogen) atoms. The quantitative estimate of drug-likeness (QED) is 0.381. The first-order chi connectivity index (χ1) is 16.5. The summed E-state index contributed by atoms with van der Waals surface area (Å²) in [7, 11) is 0. The van der Waals surface area contributed by atoms with Crippen LogP contribution in [-0.4, -0.2) is 53.0 Å². The third-order valence-corrected chi connectivity index (χ3v) is 7.49. The van der Waals surface area contributed by atoms with Gasteiger partial charge in [-0.3, -0.25) is 8.71 Å². The Morgan fingerprint density at radius 2 is 1.88 bits per heavy atom.